The van der Waals surface area contributed by atoms with E-state index >= 15 is 0 Å². The van der Waals surface area contributed by atoms with Crippen LogP contribution < -0.4 is 10.6 Å². The summed E-state index contributed by atoms with van der Waals surface area (Å²) in [5, 5.41) is 5.48. The third-order valence-corrected chi connectivity index (χ3v) is 3.42. The molecule has 114 valence electrons. The van der Waals surface area contributed by atoms with Gasteiger partial charge in [0.05, 0.1) is 5.69 Å². The van der Waals surface area contributed by atoms with Crippen molar-refractivity contribution in [3.05, 3.63) is 58.9 Å². The van der Waals surface area contributed by atoms with Gasteiger partial charge in [0.15, 0.2) is 0 Å². The van der Waals surface area contributed by atoms with E-state index in [1.54, 1.807) is 31.2 Å². The molecule has 2 N–H and O–H groups in total. The zero-order chi connectivity index (χ0) is 16.1. The van der Waals surface area contributed by atoms with E-state index in [1.807, 2.05) is 0 Å². The Morgan fingerprint density at radius 2 is 1.59 bits per heavy atom. The van der Waals surface area contributed by atoms with Crippen LogP contribution in [0.3, 0.4) is 0 Å². The maximum absolute atomic E-state index is 13.4. The molecule has 2 aromatic carbocycles. The number of rotatable bonds is 4. The second-order valence-corrected chi connectivity index (χ2v) is 5.07. The Morgan fingerprint density at radius 1 is 1.00 bits per heavy atom. The molecule has 2 aromatic rings. The van der Waals surface area contributed by atoms with Gasteiger partial charge in [0, 0.05) is 10.7 Å². The topological polar surface area (TPSA) is 58.2 Å². The van der Waals surface area contributed by atoms with Crippen LogP contribution in [0.5, 0.6) is 0 Å². The Balaban J connectivity index is 1.96. The highest BCUT2D eigenvalue weighted by atomic mass is 35.5. The number of hydrogen-bond donors (Lipinski definition) is 2. The summed E-state index contributed by atoms with van der Waals surface area (Å²) in [5.74, 6) is -1.65. The molecule has 0 spiro atoms. The second kappa shape index (κ2) is 7.04. The largest absolute Gasteiger partial charge is 0.325 e. The summed E-state index contributed by atoms with van der Waals surface area (Å²) in [6.45, 7) is 1.76. The fourth-order valence-electron chi connectivity index (χ4n) is 1.84. The van der Waals surface area contributed by atoms with Crippen LogP contribution >= 0.6 is 11.6 Å². The number of hydrogen-bond acceptors (Lipinski definition) is 2. The Hall–Kier alpha value is -2.40. The first-order chi connectivity index (χ1) is 10.5. The molecule has 0 saturated heterocycles. The molecule has 6 heteroatoms. The highest BCUT2D eigenvalue weighted by Gasteiger charge is 2.13. The summed E-state index contributed by atoms with van der Waals surface area (Å²) < 4.78 is 13.4. The first kappa shape index (κ1) is 16.0. The molecule has 0 fully saturated rings. The summed E-state index contributed by atoms with van der Waals surface area (Å²) in [7, 11) is 0. The van der Waals surface area contributed by atoms with Crippen LogP contribution in [-0.4, -0.2) is 11.8 Å². The highest BCUT2D eigenvalue weighted by molar-refractivity contribution is 6.31. The Labute approximate surface area is 132 Å². The van der Waals surface area contributed by atoms with E-state index in [1.165, 1.54) is 18.2 Å². The maximum Gasteiger partial charge on any atom is 0.233 e. The lowest BCUT2D eigenvalue weighted by molar-refractivity contribution is -0.123. The predicted molar refractivity (Wildman–Crippen MR) is 84.5 cm³/mol. The zero-order valence-electron chi connectivity index (χ0n) is 11.8. The first-order valence-electron chi connectivity index (χ1n) is 6.56. The Morgan fingerprint density at radius 3 is 2.27 bits per heavy atom. The molecule has 0 bridgehead atoms. The van der Waals surface area contributed by atoms with Crippen molar-refractivity contribution in [2.75, 3.05) is 10.6 Å². The van der Waals surface area contributed by atoms with Crippen LogP contribution in [-0.2, 0) is 9.59 Å². The van der Waals surface area contributed by atoms with Gasteiger partial charge in [0.25, 0.3) is 0 Å². The Bertz CT molecular complexity index is 719. The molecule has 0 aliphatic heterocycles. The minimum atomic E-state index is -0.595. The molecule has 0 heterocycles. The van der Waals surface area contributed by atoms with E-state index in [2.05, 4.69) is 10.6 Å². The number of nitrogens with one attached hydrogen (secondary N) is 2. The molecule has 0 aliphatic carbocycles. The molecule has 0 radical (unpaired) electrons. The van der Waals surface area contributed by atoms with Gasteiger partial charge in [-0.3, -0.25) is 9.59 Å². The third-order valence-electron chi connectivity index (χ3n) is 3.01. The lowest BCUT2D eigenvalue weighted by Gasteiger charge is -2.10. The van der Waals surface area contributed by atoms with Crippen molar-refractivity contribution < 1.29 is 14.0 Å². The molecule has 0 aromatic heterocycles. The summed E-state index contributed by atoms with van der Waals surface area (Å²) in [4.78, 5) is 23.6. The van der Waals surface area contributed by atoms with Gasteiger partial charge in [-0.15, -0.1) is 0 Å². The standard InChI is InChI=1S/C16H14ClFN2O2/c1-10-11(17)5-4-8-13(10)19-15(21)9-16(22)20-14-7-3-2-6-12(14)18/h2-8H,9H2,1H3,(H,19,21)(H,20,22). The number of para-hydroxylation sites is 1. The highest BCUT2D eigenvalue weighted by Crippen LogP contribution is 2.23. The molecule has 0 atom stereocenters. The van der Waals surface area contributed by atoms with Crippen molar-refractivity contribution in [3.63, 3.8) is 0 Å². The van der Waals surface area contributed by atoms with Crippen LogP contribution in [0.25, 0.3) is 0 Å². The van der Waals surface area contributed by atoms with Crippen molar-refractivity contribution in [1.82, 2.24) is 0 Å². The van der Waals surface area contributed by atoms with E-state index in [-0.39, 0.29) is 5.69 Å². The van der Waals surface area contributed by atoms with E-state index in [4.69, 9.17) is 11.6 Å². The van der Waals surface area contributed by atoms with Crippen molar-refractivity contribution in [1.29, 1.82) is 0 Å². The van der Waals surface area contributed by atoms with Gasteiger partial charge in [0.1, 0.15) is 12.2 Å². The van der Waals surface area contributed by atoms with Gasteiger partial charge in [0.2, 0.25) is 11.8 Å². The fraction of sp³-hybridized carbons (Fsp3) is 0.125. The molecule has 2 rings (SSSR count). The van der Waals surface area contributed by atoms with E-state index in [0.29, 0.717) is 16.3 Å². The maximum atomic E-state index is 13.4. The van der Waals surface area contributed by atoms with Crippen molar-refractivity contribution in [2.45, 2.75) is 13.3 Å². The van der Waals surface area contributed by atoms with Gasteiger partial charge in [-0.1, -0.05) is 29.8 Å². The van der Waals surface area contributed by atoms with Crippen LogP contribution in [0.1, 0.15) is 12.0 Å². The fourth-order valence-corrected chi connectivity index (χ4v) is 2.01. The average molecular weight is 321 g/mol. The summed E-state index contributed by atoms with van der Waals surface area (Å²) in [6, 6.07) is 10.8. The SMILES string of the molecule is Cc1c(Cl)cccc1NC(=O)CC(=O)Nc1ccccc1F. The smallest absolute Gasteiger partial charge is 0.233 e. The molecule has 0 unspecified atom stereocenters. The zero-order valence-corrected chi connectivity index (χ0v) is 12.6. The van der Waals surface area contributed by atoms with E-state index in [9.17, 15) is 14.0 Å². The number of anilines is 2. The van der Waals surface area contributed by atoms with Gasteiger partial charge in [-0.2, -0.15) is 0 Å². The molecular weight excluding hydrogens is 307 g/mol. The minimum Gasteiger partial charge on any atom is -0.325 e. The average Bonchev–Trinajstić information content (AvgIpc) is 2.46. The monoisotopic (exact) mass is 320 g/mol. The second-order valence-electron chi connectivity index (χ2n) is 4.67. The predicted octanol–water partition coefficient (Wildman–Crippen LogP) is 3.75. The normalized spacial score (nSPS) is 10.1. The molecule has 22 heavy (non-hydrogen) atoms. The van der Waals surface area contributed by atoms with Crippen LogP contribution in [0.2, 0.25) is 5.02 Å². The quantitative estimate of drug-likeness (QED) is 0.843. The molecule has 0 aliphatic rings. The first-order valence-corrected chi connectivity index (χ1v) is 6.94. The molecular formula is C16H14ClFN2O2. The van der Waals surface area contributed by atoms with Gasteiger partial charge < -0.3 is 10.6 Å². The molecule has 4 nitrogen and oxygen atoms in total. The number of amides is 2. The lowest BCUT2D eigenvalue weighted by Crippen LogP contribution is -2.22. The Kier molecular flexibility index (Phi) is 5.12. The number of halogens is 2. The van der Waals surface area contributed by atoms with E-state index < -0.39 is 24.1 Å². The number of carbonyl (C=O) groups excluding carboxylic acids is 2. The number of benzene rings is 2. The summed E-state index contributed by atoms with van der Waals surface area (Å²) >= 11 is 5.96. The third kappa shape index (κ3) is 4.05. The minimum absolute atomic E-state index is 0.0410. The summed E-state index contributed by atoms with van der Waals surface area (Å²) in [6.07, 6.45) is -0.416. The molecule has 2 amide bonds. The van der Waals surface area contributed by atoms with Crippen molar-refractivity contribution in [3.8, 4) is 0 Å². The van der Waals surface area contributed by atoms with Gasteiger partial charge in [-0.05, 0) is 36.8 Å². The number of carbonyl (C=O) groups is 2. The van der Waals surface area contributed by atoms with Crippen molar-refractivity contribution in [2.24, 2.45) is 0 Å². The lowest BCUT2D eigenvalue weighted by atomic mass is 10.2. The summed E-state index contributed by atoms with van der Waals surface area (Å²) in [5.41, 5.74) is 1.29. The van der Waals surface area contributed by atoms with Gasteiger partial charge >= 0.3 is 0 Å². The van der Waals surface area contributed by atoms with Crippen LogP contribution in [0.4, 0.5) is 15.8 Å². The van der Waals surface area contributed by atoms with Crippen LogP contribution in [0.15, 0.2) is 42.5 Å². The molecule has 0 saturated carbocycles. The van der Waals surface area contributed by atoms with Gasteiger partial charge in [-0.25, -0.2) is 4.39 Å². The van der Waals surface area contributed by atoms with E-state index in [0.717, 1.165) is 0 Å². The van der Waals surface area contributed by atoms with Crippen LogP contribution in [0, 0.1) is 12.7 Å². The van der Waals surface area contributed by atoms with Crippen molar-refractivity contribution >= 4 is 34.8 Å².